The number of rotatable bonds is 0. The van der Waals surface area contributed by atoms with Crippen molar-refractivity contribution in [2.24, 2.45) is 5.92 Å². The Morgan fingerprint density at radius 1 is 1.31 bits per heavy atom. The van der Waals surface area contributed by atoms with Crippen molar-refractivity contribution >= 4 is 33.2 Å². The van der Waals surface area contributed by atoms with Gasteiger partial charge in [-0.3, -0.25) is 4.79 Å². The van der Waals surface area contributed by atoms with Gasteiger partial charge in [-0.15, -0.1) is 0 Å². The van der Waals surface area contributed by atoms with Crippen LogP contribution in [-0.4, -0.2) is 25.2 Å². The van der Waals surface area contributed by atoms with Crippen molar-refractivity contribution in [1.29, 1.82) is 0 Å². The summed E-state index contributed by atoms with van der Waals surface area (Å²) in [5.41, 5.74) is 1.78. The summed E-state index contributed by atoms with van der Waals surface area (Å²) in [6.45, 7) is 1.09. The third-order valence-corrected chi connectivity index (χ3v) is 3.49. The van der Waals surface area contributed by atoms with Crippen LogP contribution >= 0.6 is 15.9 Å². The van der Waals surface area contributed by atoms with Crippen molar-refractivity contribution in [1.82, 2.24) is 0 Å². The maximum absolute atomic E-state index is 11.9. The maximum atomic E-state index is 11.9. The number of anilines is 2. The van der Waals surface area contributed by atoms with Gasteiger partial charge in [-0.1, -0.05) is 15.9 Å². The zero-order valence-electron chi connectivity index (χ0n) is 8.50. The molecule has 4 nitrogen and oxygen atoms in total. The van der Waals surface area contributed by atoms with Gasteiger partial charge >= 0.3 is 0 Å². The highest BCUT2D eigenvalue weighted by Crippen LogP contribution is 2.32. The maximum Gasteiger partial charge on any atom is 0.232 e. The van der Waals surface area contributed by atoms with Crippen LogP contribution in [0.4, 0.5) is 11.4 Å². The van der Waals surface area contributed by atoms with E-state index in [1.807, 2.05) is 18.2 Å². The fraction of sp³-hybridized carbons (Fsp3) is 0.364. The molecule has 0 radical (unpaired) electrons. The van der Waals surface area contributed by atoms with E-state index in [9.17, 15) is 4.79 Å². The van der Waals surface area contributed by atoms with Gasteiger partial charge in [0.25, 0.3) is 0 Å². The van der Waals surface area contributed by atoms with Crippen LogP contribution in [0.25, 0.3) is 0 Å². The van der Waals surface area contributed by atoms with Gasteiger partial charge in [-0.2, -0.15) is 0 Å². The van der Waals surface area contributed by atoms with E-state index in [4.69, 9.17) is 4.74 Å². The van der Waals surface area contributed by atoms with Gasteiger partial charge in [0.15, 0.2) is 0 Å². The quantitative estimate of drug-likeness (QED) is 0.763. The molecule has 0 spiro atoms. The highest BCUT2D eigenvalue weighted by Gasteiger charge is 2.36. The van der Waals surface area contributed by atoms with Crippen LogP contribution in [-0.2, 0) is 9.53 Å². The molecule has 3 rings (SSSR count). The Hall–Kier alpha value is -1.07. The van der Waals surface area contributed by atoms with E-state index in [0.717, 1.165) is 15.8 Å². The number of carbonyl (C=O) groups is 1. The van der Waals surface area contributed by atoms with Crippen LogP contribution in [0.1, 0.15) is 0 Å². The summed E-state index contributed by atoms with van der Waals surface area (Å²) in [6, 6.07) is 5.86. The molecular formula is C11H11BrN2O2. The Morgan fingerprint density at radius 2 is 2.19 bits per heavy atom. The molecular weight excluding hydrogens is 272 g/mol. The van der Waals surface area contributed by atoms with Gasteiger partial charge in [0.2, 0.25) is 5.91 Å². The van der Waals surface area contributed by atoms with E-state index in [1.54, 1.807) is 0 Å². The molecule has 16 heavy (non-hydrogen) atoms. The molecule has 1 aromatic rings. The first kappa shape index (κ1) is 10.1. The van der Waals surface area contributed by atoms with Gasteiger partial charge < -0.3 is 15.4 Å². The highest BCUT2D eigenvalue weighted by molar-refractivity contribution is 9.10. The normalized spacial score (nSPS) is 27.4. The van der Waals surface area contributed by atoms with Crippen LogP contribution in [0.3, 0.4) is 0 Å². The Kier molecular flexibility index (Phi) is 2.37. The number of hydrogen-bond acceptors (Lipinski definition) is 3. The topological polar surface area (TPSA) is 50.4 Å². The molecule has 0 bridgehead atoms. The first-order valence-corrected chi connectivity index (χ1v) is 5.98. The average Bonchev–Trinajstić information content (AvgIpc) is 2.65. The summed E-state index contributed by atoms with van der Waals surface area (Å²) in [5, 5.41) is 6.27. The van der Waals surface area contributed by atoms with Crippen molar-refractivity contribution in [3.05, 3.63) is 22.7 Å². The van der Waals surface area contributed by atoms with Crippen molar-refractivity contribution in [2.75, 3.05) is 23.8 Å². The second-order valence-electron chi connectivity index (χ2n) is 4.07. The van der Waals surface area contributed by atoms with Gasteiger partial charge in [-0.25, -0.2) is 0 Å². The molecule has 1 saturated heterocycles. The number of ether oxygens (including phenoxy) is 1. The smallest absolute Gasteiger partial charge is 0.232 e. The van der Waals surface area contributed by atoms with Gasteiger partial charge in [0.05, 0.1) is 36.5 Å². The molecule has 2 N–H and O–H groups in total. The summed E-state index contributed by atoms with van der Waals surface area (Å²) >= 11 is 3.42. The highest BCUT2D eigenvalue weighted by atomic mass is 79.9. The zero-order chi connectivity index (χ0) is 11.1. The number of halogens is 1. The molecule has 2 unspecified atom stereocenters. The monoisotopic (exact) mass is 282 g/mol. The van der Waals surface area contributed by atoms with Crippen LogP contribution in [0, 0.1) is 5.92 Å². The fourth-order valence-electron chi connectivity index (χ4n) is 2.13. The molecule has 1 amide bonds. The molecule has 2 aliphatic heterocycles. The van der Waals surface area contributed by atoms with Crippen molar-refractivity contribution in [3.8, 4) is 0 Å². The first-order valence-electron chi connectivity index (χ1n) is 5.19. The standard InChI is InChI=1S/C11H11BrN2O2/c12-6-1-2-8-9(3-6)13-10-5-16-4-7(10)11(15)14-8/h1-3,7,10,13H,4-5H2,(H,14,15). The lowest BCUT2D eigenvalue weighted by atomic mass is 10.0. The second kappa shape index (κ2) is 3.75. The van der Waals surface area contributed by atoms with E-state index in [2.05, 4.69) is 26.6 Å². The molecule has 0 aromatic heterocycles. The molecule has 0 aliphatic carbocycles. The summed E-state index contributed by atoms with van der Waals surface area (Å²) in [6.07, 6.45) is 0. The predicted octanol–water partition coefficient (Wildman–Crippen LogP) is 1.83. The zero-order valence-corrected chi connectivity index (χ0v) is 10.1. The molecule has 84 valence electrons. The predicted molar refractivity (Wildman–Crippen MR) is 64.5 cm³/mol. The number of hydrogen-bond donors (Lipinski definition) is 2. The van der Waals surface area contributed by atoms with Crippen LogP contribution < -0.4 is 10.6 Å². The minimum absolute atomic E-state index is 0.0380. The van der Waals surface area contributed by atoms with E-state index in [-0.39, 0.29) is 17.9 Å². The van der Waals surface area contributed by atoms with E-state index in [1.165, 1.54) is 0 Å². The third kappa shape index (κ3) is 1.60. The minimum atomic E-state index is -0.0915. The van der Waals surface area contributed by atoms with Crippen LogP contribution in [0.5, 0.6) is 0 Å². The first-order chi connectivity index (χ1) is 7.74. The van der Waals surface area contributed by atoms with Gasteiger partial charge in [-0.05, 0) is 18.2 Å². The summed E-state index contributed by atoms with van der Waals surface area (Å²) < 4.78 is 6.32. The largest absolute Gasteiger partial charge is 0.378 e. The summed E-state index contributed by atoms with van der Waals surface area (Å²) in [5.74, 6) is -0.0535. The number of fused-ring (bicyclic) bond motifs is 2. The average molecular weight is 283 g/mol. The lowest BCUT2D eigenvalue weighted by molar-refractivity contribution is -0.119. The van der Waals surface area contributed by atoms with Crippen molar-refractivity contribution < 1.29 is 9.53 Å². The van der Waals surface area contributed by atoms with Crippen molar-refractivity contribution in [2.45, 2.75) is 6.04 Å². The molecule has 2 heterocycles. The Balaban J connectivity index is 2.01. The molecule has 5 heteroatoms. The third-order valence-electron chi connectivity index (χ3n) is 3.00. The van der Waals surface area contributed by atoms with Crippen molar-refractivity contribution in [3.63, 3.8) is 0 Å². The summed E-state index contributed by atoms with van der Waals surface area (Å²) in [7, 11) is 0. The Morgan fingerprint density at radius 3 is 3.06 bits per heavy atom. The number of nitrogens with one attached hydrogen (secondary N) is 2. The molecule has 0 saturated carbocycles. The minimum Gasteiger partial charge on any atom is -0.378 e. The number of carbonyl (C=O) groups excluding carboxylic acids is 1. The lowest BCUT2D eigenvalue weighted by Crippen LogP contribution is -2.33. The molecule has 1 aromatic carbocycles. The Labute approximate surface area is 101 Å². The SMILES string of the molecule is O=C1Nc2ccc(Br)cc2NC2COCC12. The summed E-state index contributed by atoms with van der Waals surface area (Å²) in [4.78, 5) is 11.9. The molecule has 2 aliphatic rings. The van der Waals surface area contributed by atoms with E-state index < -0.39 is 0 Å². The van der Waals surface area contributed by atoms with Gasteiger partial charge in [0.1, 0.15) is 0 Å². The van der Waals surface area contributed by atoms with Crippen LogP contribution in [0.15, 0.2) is 22.7 Å². The molecule has 2 atom stereocenters. The van der Waals surface area contributed by atoms with E-state index >= 15 is 0 Å². The van der Waals surface area contributed by atoms with Crippen LogP contribution in [0.2, 0.25) is 0 Å². The number of benzene rings is 1. The fourth-order valence-corrected chi connectivity index (χ4v) is 2.49. The molecule has 1 fully saturated rings. The Bertz CT molecular complexity index is 450. The lowest BCUT2D eigenvalue weighted by Gasteiger charge is -2.14. The second-order valence-corrected chi connectivity index (χ2v) is 4.99. The number of amides is 1. The van der Waals surface area contributed by atoms with E-state index in [0.29, 0.717) is 13.2 Å². The van der Waals surface area contributed by atoms with Gasteiger partial charge in [0, 0.05) is 4.47 Å².